The van der Waals surface area contributed by atoms with E-state index in [1.807, 2.05) is 0 Å². The Morgan fingerprint density at radius 2 is 1.71 bits per heavy atom. The number of methoxy groups -OCH3 is 2. The molecule has 0 saturated carbocycles. The van der Waals surface area contributed by atoms with E-state index in [-0.39, 0.29) is 34.2 Å². The molecule has 0 aliphatic rings. The lowest BCUT2D eigenvalue weighted by atomic mass is 10.2. The Labute approximate surface area is 215 Å². The number of aromatic nitrogens is 3. The van der Waals surface area contributed by atoms with Gasteiger partial charge < -0.3 is 24.7 Å². The molecule has 2 aromatic carbocycles. The average molecular weight is 545 g/mol. The Morgan fingerprint density at radius 1 is 1.00 bits per heavy atom. The number of ether oxygens (including phenoxy) is 2. The highest BCUT2D eigenvalue weighted by molar-refractivity contribution is 7.99. The second kappa shape index (κ2) is 11.7. The first kappa shape index (κ1) is 26.0. The van der Waals surface area contributed by atoms with Gasteiger partial charge in [-0.05, 0) is 30.3 Å². The first-order valence-corrected chi connectivity index (χ1v) is 11.8. The second-order valence-corrected chi connectivity index (χ2v) is 8.96. The van der Waals surface area contributed by atoms with Crippen LogP contribution >= 0.6 is 46.6 Å². The molecule has 0 fully saturated rings. The zero-order valence-electron chi connectivity index (χ0n) is 18.3. The Balaban J connectivity index is 1.56. The van der Waals surface area contributed by atoms with E-state index < -0.39 is 0 Å². The van der Waals surface area contributed by atoms with E-state index in [4.69, 9.17) is 44.3 Å². The number of amides is 2. The Bertz CT molecular complexity index is 1220. The summed E-state index contributed by atoms with van der Waals surface area (Å²) in [5.74, 6) is 0.935. The van der Waals surface area contributed by atoms with Crippen molar-refractivity contribution in [3.05, 3.63) is 56.8 Å². The minimum absolute atomic E-state index is 0.0561. The third-order valence-corrected chi connectivity index (χ3v) is 6.65. The van der Waals surface area contributed by atoms with E-state index in [0.717, 1.165) is 0 Å². The summed E-state index contributed by atoms with van der Waals surface area (Å²) in [6.45, 7) is 0.141. The van der Waals surface area contributed by atoms with Gasteiger partial charge in [-0.15, -0.1) is 10.2 Å². The van der Waals surface area contributed by atoms with E-state index in [1.165, 1.54) is 38.1 Å². The molecule has 2 N–H and O–H groups in total. The van der Waals surface area contributed by atoms with Crippen molar-refractivity contribution >= 4 is 64.1 Å². The van der Waals surface area contributed by atoms with Crippen molar-refractivity contribution < 1.29 is 19.1 Å². The first-order chi connectivity index (χ1) is 16.2. The number of benzene rings is 2. The van der Waals surface area contributed by atoms with Gasteiger partial charge in [-0.2, -0.15) is 0 Å². The van der Waals surface area contributed by atoms with Crippen LogP contribution in [0.25, 0.3) is 0 Å². The average Bonchev–Trinajstić information content (AvgIpc) is 3.18. The molecule has 0 atom stereocenters. The van der Waals surface area contributed by atoms with Crippen LogP contribution in [-0.4, -0.2) is 46.6 Å². The zero-order chi connectivity index (χ0) is 24.8. The largest absolute Gasteiger partial charge is 0.493 e. The van der Waals surface area contributed by atoms with Crippen LogP contribution in [0.4, 0.5) is 5.69 Å². The summed E-state index contributed by atoms with van der Waals surface area (Å²) in [5, 5.41) is 15.0. The number of hydrogen-bond donors (Lipinski definition) is 2. The van der Waals surface area contributed by atoms with Gasteiger partial charge in [-0.25, -0.2) is 0 Å². The molecule has 0 bridgehead atoms. The van der Waals surface area contributed by atoms with Crippen LogP contribution < -0.4 is 20.1 Å². The van der Waals surface area contributed by atoms with Crippen LogP contribution in [0, 0.1) is 0 Å². The predicted octanol–water partition coefficient (Wildman–Crippen LogP) is 4.45. The second-order valence-electron chi connectivity index (χ2n) is 6.79. The van der Waals surface area contributed by atoms with Gasteiger partial charge in [0.15, 0.2) is 22.5 Å². The van der Waals surface area contributed by atoms with E-state index in [1.54, 1.807) is 29.8 Å². The van der Waals surface area contributed by atoms with Gasteiger partial charge >= 0.3 is 0 Å². The first-order valence-electron chi connectivity index (χ1n) is 9.69. The summed E-state index contributed by atoms with van der Waals surface area (Å²) in [7, 11) is 4.76. The quantitative estimate of drug-likeness (QED) is 0.303. The maximum Gasteiger partial charge on any atom is 0.251 e. The van der Waals surface area contributed by atoms with Gasteiger partial charge in [0.2, 0.25) is 5.91 Å². The van der Waals surface area contributed by atoms with Crippen molar-refractivity contribution in [3.63, 3.8) is 0 Å². The minimum atomic E-state index is -0.309. The number of halogens is 3. The van der Waals surface area contributed by atoms with Crippen molar-refractivity contribution in [2.45, 2.75) is 11.7 Å². The highest BCUT2D eigenvalue weighted by atomic mass is 35.5. The normalized spacial score (nSPS) is 10.6. The van der Waals surface area contributed by atoms with Crippen LogP contribution in [0.1, 0.15) is 16.2 Å². The molecule has 2 amide bonds. The Hall–Kier alpha value is -2.66. The minimum Gasteiger partial charge on any atom is -0.493 e. The third-order valence-electron chi connectivity index (χ3n) is 4.59. The van der Waals surface area contributed by atoms with Gasteiger partial charge in [-0.3, -0.25) is 9.59 Å². The third kappa shape index (κ3) is 6.26. The molecule has 1 heterocycles. The van der Waals surface area contributed by atoms with Crippen LogP contribution in [-0.2, 0) is 18.4 Å². The van der Waals surface area contributed by atoms with Crippen LogP contribution in [0.3, 0.4) is 0 Å². The lowest BCUT2D eigenvalue weighted by molar-refractivity contribution is -0.113. The maximum atomic E-state index is 12.5. The standard InChI is InChI=1S/C21H20Cl3N5O4S/c1-29-18(9-25-20(31)11-4-5-16(32-2)17(6-11)33-3)27-28-21(29)34-10-19(30)26-15-8-13(23)12(22)7-14(15)24/h4-8H,9-10H2,1-3H3,(H,25,31)(H,26,30). The van der Waals surface area contributed by atoms with E-state index in [9.17, 15) is 9.59 Å². The fourth-order valence-electron chi connectivity index (χ4n) is 2.80. The van der Waals surface area contributed by atoms with Gasteiger partial charge in [0.25, 0.3) is 5.91 Å². The van der Waals surface area contributed by atoms with Crippen LogP contribution in [0.2, 0.25) is 15.1 Å². The highest BCUT2D eigenvalue weighted by Gasteiger charge is 2.15. The Kier molecular flexibility index (Phi) is 8.90. The zero-order valence-corrected chi connectivity index (χ0v) is 21.4. The molecule has 0 aliphatic heterocycles. The topological polar surface area (TPSA) is 107 Å². The molecule has 0 unspecified atom stereocenters. The molecule has 0 saturated heterocycles. The fraction of sp³-hybridized carbons (Fsp3) is 0.238. The number of carbonyl (C=O) groups excluding carboxylic acids is 2. The monoisotopic (exact) mass is 543 g/mol. The molecule has 0 aliphatic carbocycles. The maximum absolute atomic E-state index is 12.5. The van der Waals surface area contributed by atoms with Crippen molar-refractivity contribution in [1.29, 1.82) is 0 Å². The van der Waals surface area contributed by atoms with Crippen molar-refractivity contribution in [3.8, 4) is 11.5 Å². The number of thioether (sulfide) groups is 1. The molecular formula is C21H20Cl3N5O4S. The molecule has 3 rings (SSSR count). The lowest BCUT2D eigenvalue weighted by Crippen LogP contribution is -2.24. The molecule has 13 heteroatoms. The van der Waals surface area contributed by atoms with Gasteiger partial charge in [0.05, 0.1) is 47.3 Å². The SMILES string of the molecule is COc1ccc(C(=O)NCc2nnc(SCC(=O)Nc3cc(Cl)c(Cl)cc3Cl)n2C)cc1OC. The van der Waals surface area contributed by atoms with Crippen molar-refractivity contribution in [2.24, 2.45) is 7.05 Å². The number of hydrogen-bond acceptors (Lipinski definition) is 7. The number of rotatable bonds is 9. The number of carbonyl (C=O) groups is 2. The summed E-state index contributed by atoms with van der Waals surface area (Å²) in [5.41, 5.74) is 0.769. The molecule has 3 aromatic rings. The molecule has 1 aromatic heterocycles. The molecule has 9 nitrogen and oxygen atoms in total. The van der Waals surface area contributed by atoms with E-state index >= 15 is 0 Å². The highest BCUT2D eigenvalue weighted by Crippen LogP contribution is 2.32. The van der Waals surface area contributed by atoms with E-state index in [0.29, 0.717) is 38.8 Å². The van der Waals surface area contributed by atoms with Crippen molar-refractivity contribution in [1.82, 2.24) is 20.1 Å². The predicted molar refractivity (Wildman–Crippen MR) is 133 cm³/mol. The number of anilines is 1. The summed E-state index contributed by atoms with van der Waals surface area (Å²) in [6.07, 6.45) is 0. The Morgan fingerprint density at radius 3 is 2.41 bits per heavy atom. The smallest absolute Gasteiger partial charge is 0.251 e. The molecular weight excluding hydrogens is 525 g/mol. The summed E-state index contributed by atoms with van der Waals surface area (Å²) in [4.78, 5) is 24.8. The van der Waals surface area contributed by atoms with Crippen LogP contribution in [0.5, 0.6) is 11.5 Å². The van der Waals surface area contributed by atoms with Gasteiger partial charge in [0, 0.05) is 12.6 Å². The van der Waals surface area contributed by atoms with Gasteiger partial charge in [0.1, 0.15) is 0 Å². The molecule has 0 radical (unpaired) electrons. The van der Waals surface area contributed by atoms with Gasteiger partial charge in [-0.1, -0.05) is 46.6 Å². The van der Waals surface area contributed by atoms with E-state index in [2.05, 4.69) is 20.8 Å². The fourth-order valence-corrected chi connectivity index (χ4v) is 4.12. The number of nitrogens with zero attached hydrogens (tertiary/aromatic N) is 3. The summed E-state index contributed by atoms with van der Waals surface area (Å²) >= 11 is 19.1. The van der Waals surface area contributed by atoms with Crippen molar-refractivity contribution in [2.75, 3.05) is 25.3 Å². The summed E-state index contributed by atoms with van der Waals surface area (Å²) < 4.78 is 12.1. The van der Waals surface area contributed by atoms with Crippen LogP contribution in [0.15, 0.2) is 35.5 Å². The molecule has 34 heavy (non-hydrogen) atoms. The number of nitrogens with one attached hydrogen (secondary N) is 2. The summed E-state index contributed by atoms with van der Waals surface area (Å²) in [6, 6.07) is 7.81. The lowest BCUT2D eigenvalue weighted by Gasteiger charge is -2.10. The molecule has 0 spiro atoms. The molecule has 180 valence electrons.